The second-order valence-electron chi connectivity index (χ2n) is 4.43. The number of hydrogen-bond donors (Lipinski definition) is 1. The molecule has 0 aliphatic rings. The number of likely N-dealkylation sites (N-methyl/N-ethyl adjacent to an activating group) is 1. The van der Waals surface area contributed by atoms with E-state index in [9.17, 15) is 4.79 Å². The smallest absolute Gasteiger partial charge is 0.276 e. The van der Waals surface area contributed by atoms with Gasteiger partial charge in [-0.15, -0.1) is 0 Å². The zero-order valence-electron chi connectivity index (χ0n) is 11.5. The molecule has 0 atom stereocenters. The lowest BCUT2D eigenvalue weighted by Gasteiger charge is -2.17. The number of ether oxygens (including phenoxy) is 1. The second kappa shape index (κ2) is 6.39. The van der Waals surface area contributed by atoms with E-state index in [4.69, 9.17) is 10.5 Å². The molecule has 1 aromatic heterocycles. The number of nitrogens with zero attached hydrogens (tertiary/aromatic N) is 3. The summed E-state index contributed by atoms with van der Waals surface area (Å²) in [4.78, 5) is 13.7. The summed E-state index contributed by atoms with van der Waals surface area (Å²) >= 11 is 0. The number of nitrogens with two attached hydrogens (primary N) is 1. The summed E-state index contributed by atoms with van der Waals surface area (Å²) < 4.78 is 7.06. The molecule has 1 rings (SSSR count). The molecule has 6 heteroatoms. The molecule has 1 aromatic rings. The summed E-state index contributed by atoms with van der Waals surface area (Å²) in [5, 5.41) is 4.15. The van der Waals surface area contributed by atoms with Crippen molar-refractivity contribution in [2.75, 3.05) is 25.9 Å². The van der Waals surface area contributed by atoms with Crippen LogP contribution in [0, 0.1) is 0 Å². The molecule has 1 heterocycles. The molecular weight excluding hydrogens is 232 g/mol. The van der Waals surface area contributed by atoms with E-state index in [2.05, 4.69) is 5.10 Å². The van der Waals surface area contributed by atoms with Crippen molar-refractivity contribution in [3.63, 3.8) is 0 Å². The number of nitrogen functional groups attached to an aromatic ring is 1. The Labute approximate surface area is 108 Å². The molecule has 6 nitrogen and oxygen atoms in total. The highest BCUT2D eigenvalue weighted by Gasteiger charge is 2.18. The molecule has 0 aliphatic heterocycles. The molecule has 2 N–H and O–H groups in total. The van der Waals surface area contributed by atoms with E-state index < -0.39 is 0 Å². The first-order valence-electron chi connectivity index (χ1n) is 6.15. The minimum atomic E-state index is -0.174. The van der Waals surface area contributed by atoms with Crippen LogP contribution in [0.4, 0.5) is 5.69 Å². The molecule has 0 aliphatic carbocycles. The highest BCUT2D eigenvalue weighted by Crippen LogP contribution is 2.11. The predicted octanol–water partition coefficient (Wildman–Crippen LogP) is 0.982. The van der Waals surface area contributed by atoms with E-state index in [0.29, 0.717) is 31.1 Å². The van der Waals surface area contributed by atoms with Crippen molar-refractivity contribution in [1.82, 2.24) is 14.7 Å². The average Bonchev–Trinajstić information content (AvgIpc) is 2.69. The van der Waals surface area contributed by atoms with Crippen LogP contribution in [0.15, 0.2) is 6.20 Å². The number of amides is 1. The van der Waals surface area contributed by atoms with Crippen LogP contribution >= 0.6 is 0 Å². The first kappa shape index (κ1) is 14.5. The SMILES string of the molecule is CCn1cc(N)c(C(=O)N(C)CCOC(C)C)n1. The van der Waals surface area contributed by atoms with Crippen molar-refractivity contribution in [3.8, 4) is 0 Å². The molecule has 0 spiro atoms. The third-order valence-electron chi connectivity index (χ3n) is 2.54. The molecule has 0 saturated carbocycles. The standard InChI is InChI=1S/C12H22N4O2/c1-5-16-8-10(13)11(14-16)12(17)15(4)6-7-18-9(2)3/h8-9H,5-7,13H2,1-4H3. The monoisotopic (exact) mass is 254 g/mol. The third-order valence-corrected chi connectivity index (χ3v) is 2.54. The van der Waals surface area contributed by atoms with E-state index in [1.807, 2.05) is 20.8 Å². The lowest BCUT2D eigenvalue weighted by Crippen LogP contribution is -2.31. The molecule has 102 valence electrons. The first-order valence-corrected chi connectivity index (χ1v) is 6.15. The zero-order valence-corrected chi connectivity index (χ0v) is 11.5. The summed E-state index contributed by atoms with van der Waals surface area (Å²) in [5.74, 6) is -0.174. The van der Waals surface area contributed by atoms with Crippen molar-refractivity contribution >= 4 is 11.6 Å². The maximum Gasteiger partial charge on any atom is 0.276 e. The minimum Gasteiger partial charge on any atom is -0.396 e. The van der Waals surface area contributed by atoms with Gasteiger partial charge in [0.1, 0.15) is 0 Å². The summed E-state index contributed by atoms with van der Waals surface area (Å²) in [5.41, 5.74) is 6.49. The van der Waals surface area contributed by atoms with Gasteiger partial charge in [0.25, 0.3) is 5.91 Å². The number of carbonyl (C=O) groups excluding carboxylic acids is 1. The zero-order chi connectivity index (χ0) is 13.7. The fourth-order valence-corrected chi connectivity index (χ4v) is 1.47. The predicted molar refractivity (Wildman–Crippen MR) is 70.4 cm³/mol. The van der Waals surface area contributed by atoms with E-state index in [0.717, 1.165) is 0 Å². The van der Waals surface area contributed by atoms with E-state index >= 15 is 0 Å². The Morgan fingerprint density at radius 2 is 2.28 bits per heavy atom. The fraction of sp³-hybridized carbons (Fsp3) is 0.667. The van der Waals surface area contributed by atoms with Crippen molar-refractivity contribution in [2.24, 2.45) is 0 Å². The molecule has 0 aromatic carbocycles. The van der Waals surface area contributed by atoms with Gasteiger partial charge >= 0.3 is 0 Å². The maximum absolute atomic E-state index is 12.1. The fourth-order valence-electron chi connectivity index (χ4n) is 1.47. The number of hydrogen-bond acceptors (Lipinski definition) is 4. The Morgan fingerprint density at radius 1 is 1.61 bits per heavy atom. The largest absolute Gasteiger partial charge is 0.396 e. The van der Waals surface area contributed by atoms with Gasteiger partial charge in [0.15, 0.2) is 5.69 Å². The molecule has 0 bridgehead atoms. The molecular formula is C12H22N4O2. The number of anilines is 1. The third kappa shape index (κ3) is 3.73. The van der Waals surface area contributed by atoms with Crippen LogP contribution in [0.3, 0.4) is 0 Å². The van der Waals surface area contributed by atoms with Gasteiger partial charge in [0.05, 0.1) is 18.4 Å². The van der Waals surface area contributed by atoms with Gasteiger partial charge in [-0.3, -0.25) is 9.48 Å². The lowest BCUT2D eigenvalue weighted by molar-refractivity contribution is 0.0529. The number of aromatic nitrogens is 2. The van der Waals surface area contributed by atoms with E-state index in [1.165, 1.54) is 0 Å². The van der Waals surface area contributed by atoms with Crippen molar-refractivity contribution < 1.29 is 9.53 Å². The van der Waals surface area contributed by atoms with Crippen LogP contribution in [0.1, 0.15) is 31.3 Å². The maximum atomic E-state index is 12.1. The summed E-state index contributed by atoms with van der Waals surface area (Å²) in [6.07, 6.45) is 1.84. The van der Waals surface area contributed by atoms with Crippen molar-refractivity contribution in [1.29, 1.82) is 0 Å². The summed E-state index contributed by atoms with van der Waals surface area (Å²) in [7, 11) is 1.72. The van der Waals surface area contributed by atoms with Crippen LogP contribution < -0.4 is 5.73 Å². The first-order chi connectivity index (χ1) is 8.45. The van der Waals surface area contributed by atoms with Crippen LogP contribution in [-0.2, 0) is 11.3 Å². The van der Waals surface area contributed by atoms with Crippen LogP contribution in [0.5, 0.6) is 0 Å². The van der Waals surface area contributed by atoms with Gasteiger partial charge in [-0.25, -0.2) is 0 Å². The highest BCUT2D eigenvalue weighted by molar-refractivity contribution is 5.96. The average molecular weight is 254 g/mol. The van der Waals surface area contributed by atoms with E-state index in [1.54, 1.807) is 22.8 Å². The molecule has 0 unspecified atom stereocenters. The van der Waals surface area contributed by atoms with Crippen LogP contribution in [0.2, 0.25) is 0 Å². The quantitative estimate of drug-likeness (QED) is 0.821. The molecule has 1 amide bonds. The van der Waals surface area contributed by atoms with Gasteiger partial charge in [-0.1, -0.05) is 0 Å². The summed E-state index contributed by atoms with van der Waals surface area (Å²) in [6, 6.07) is 0. The Hall–Kier alpha value is -1.56. The van der Waals surface area contributed by atoms with Crippen molar-refractivity contribution in [2.45, 2.75) is 33.4 Å². The Morgan fingerprint density at radius 3 is 2.78 bits per heavy atom. The molecule has 0 fully saturated rings. The molecule has 0 saturated heterocycles. The minimum absolute atomic E-state index is 0.165. The molecule has 18 heavy (non-hydrogen) atoms. The number of carbonyl (C=O) groups is 1. The van der Waals surface area contributed by atoms with Gasteiger partial charge in [-0.05, 0) is 20.8 Å². The van der Waals surface area contributed by atoms with Gasteiger partial charge in [0, 0.05) is 26.3 Å². The van der Waals surface area contributed by atoms with Crippen LogP contribution in [-0.4, -0.2) is 46.9 Å². The van der Waals surface area contributed by atoms with Gasteiger partial charge in [0.2, 0.25) is 0 Å². The van der Waals surface area contributed by atoms with Crippen LogP contribution in [0.25, 0.3) is 0 Å². The highest BCUT2D eigenvalue weighted by atomic mass is 16.5. The Bertz CT molecular complexity index is 401. The topological polar surface area (TPSA) is 73.4 Å². The van der Waals surface area contributed by atoms with Gasteiger partial charge < -0.3 is 15.4 Å². The number of aryl methyl sites for hydroxylation is 1. The van der Waals surface area contributed by atoms with Gasteiger partial charge in [-0.2, -0.15) is 5.10 Å². The number of rotatable bonds is 6. The second-order valence-corrected chi connectivity index (χ2v) is 4.43. The Kier molecular flexibility index (Phi) is 5.15. The summed E-state index contributed by atoms with van der Waals surface area (Å²) in [6.45, 7) is 7.59. The van der Waals surface area contributed by atoms with Crippen molar-refractivity contribution in [3.05, 3.63) is 11.9 Å². The molecule has 0 radical (unpaired) electrons. The lowest BCUT2D eigenvalue weighted by atomic mass is 10.3. The van der Waals surface area contributed by atoms with E-state index in [-0.39, 0.29) is 12.0 Å². The normalized spacial score (nSPS) is 10.9. The Balaban J connectivity index is 2.59.